The summed E-state index contributed by atoms with van der Waals surface area (Å²) in [6.45, 7) is 7.53. The van der Waals surface area contributed by atoms with Gasteiger partial charge in [0.05, 0.1) is 0 Å². The van der Waals surface area contributed by atoms with Crippen molar-refractivity contribution < 1.29 is 48.8 Å². The van der Waals surface area contributed by atoms with Crippen LogP contribution in [-0.4, -0.2) is 86.1 Å². The third-order valence-corrected chi connectivity index (χ3v) is 3.97. The fourth-order valence-corrected chi connectivity index (χ4v) is 2.20. The largest absolute Gasteiger partial charge is 0.473 e. The number of carboxylic acid groups (broad SMARTS) is 4. The summed E-state index contributed by atoms with van der Waals surface area (Å²) in [5.74, 6) is -7.57. The molecule has 0 spiro atoms. The number of likely N-dealkylation sites (N-methyl/N-ethyl adjacent to an activating group) is 1. The van der Waals surface area contributed by atoms with Gasteiger partial charge in [-0.05, 0) is 49.5 Å². The van der Waals surface area contributed by atoms with E-state index in [9.17, 15) is 4.39 Å². The number of oxime groups is 1. The first kappa shape index (κ1) is 30.6. The Hall–Kier alpha value is -4.39. The number of pyridine rings is 1. The molecule has 35 heavy (non-hydrogen) atoms. The lowest BCUT2D eigenvalue weighted by molar-refractivity contribution is -0.159. The van der Waals surface area contributed by atoms with Crippen molar-refractivity contribution in [3.05, 3.63) is 65.7 Å². The van der Waals surface area contributed by atoms with Crippen LogP contribution in [0.1, 0.15) is 25.0 Å². The van der Waals surface area contributed by atoms with E-state index in [2.05, 4.69) is 28.9 Å². The van der Waals surface area contributed by atoms with Gasteiger partial charge in [-0.25, -0.2) is 23.6 Å². The highest BCUT2D eigenvalue weighted by Gasteiger charge is 2.09. The molecule has 12 nitrogen and oxygen atoms in total. The van der Waals surface area contributed by atoms with Crippen molar-refractivity contribution >= 4 is 29.6 Å². The number of hydrogen-bond donors (Lipinski definition) is 4. The van der Waals surface area contributed by atoms with Crippen LogP contribution in [-0.2, 0) is 24.0 Å². The van der Waals surface area contributed by atoms with Crippen molar-refractivity contribution in [1.82, 2.24) is 9.88 Å². The Labute approximate surface area is 199 Å². The van der Waals surface area contributed by atoms with Crippen molar-refractivity contribution in [2.75, 3.05) is 26.2 Å². The molecule has 0 aliphatic heterocycles. The predicted octanol–water partition coefficient (Wildman–Crippen LogP) is 1.64. The Morgan fingerprint density at radius 1 is 0.886 bits per heavy atom. The Balaban J connectivity index is 0.000000797. The Morgan fingerprint density at radius 2 is 1.40 bits per heavy atom. The summed E-state index contributed by atoms with van der Waals surface area (Å²) in [5, 5.41) is 33.8. The Bertz CT molecular complexity index is 931. The second-order valence-corrected chi connectivity index (χ2v) is 6.27. The molecule has 0 aliphatic rings. The smallest absolute Gasteiger partial charge is 0.414 e. The van der Waals surface area contributed by atoms with Crippen LogP contribution in [0.4, 0.5) is 4.39 Å². The highest BCUT2D eigenvalue weighted by atomic mass is 19.1. The van der Waals surface area contributed by atoms with Gasteiger partial charge in [0.15, 0.2) is 0 Å². The van der Waals surface area contributed by atoms with Crippen LogP contribution < -0.4 is 0 Å². The summed E-state index contributed by atoms with van der Waals surface area (Å²) < 4.78 is 13.1. The molecular formula is C22H26FN3O9. The fraction of sp³-hybridized carbons (Fsp3) is 0.273. The first-order chi connectivity index (χ1) is 16.5. The third-order valence-electron chi connectivity index (χ3n) is 3.97. The van der Waals surface area contributed by atoms with Crippen molar-refractivity contribution in [2.24, 2.45) is 5.16 Å². The van der Waals surface area contributed by atoms with E-state index in [1.165, 1.54) is 12.1 Å². The number of nitrogens with zero attached hydrogens (tertiary/aromatic N) is 3. The van der Waals surface area contributed by atoms with Gasteiger partial charge >= 0.3 is 23.9 Å². The molecule has 0 radical (unpaired) electrons. The molecule has 1 heterocycles. The summed E-state index contributed by atoms with van der Waals surface area (Å²) in [7, 11) is 0. The minimum atomic E-state index is -1.82. The Kier molecular flexibility index (Phi) is 15.0. The van der Waals surface area contributed by atoms with E-state index in [1.54, 1.807) is 24.5 Å². The normalized spacial score (nSPS) is 10.2. The molecule has 13 heteroatoms. The maximum Gasteiger partial charge on any atom is 0.414 e. The molecule has 0 aliphatic carbocycles. The molecule has 0 amide bonds. The van der Waals surface area contributed by atoms with Gasteiger partial charge in [-0.15, -0.1) is 0 Å². The highest BCUT2D eigenvalue weighted by molar-refractivity contribution is 6.27. The molecule has 0 unspecified atom stereocenters. The van der Waals surface area contributed by atoms with Gasteiger partial charge in [0.2, 0.25) is 0 Å². The van der Waals surface area contributed by atoms with E-state index in [1.807, 2.05) is 12.1 Å². The van der Waals surface area contributed by atoms with Crippen molar-refractivity contribution in [2.45, 2.75) is 13.8 Å². The average molecular weight is 495 g/mol. The lowest BCUT2D eigenvalue weighted by atomic mass is 10.0. The van der Waals surface area contributed by atoms with Crippen molar-refractivity contribution in [3.8, 4) is 0 Å². The molecular weight excluding hydrogens is 469 g/mol. The van der Waals surface area contributed by atoms with Crippen LogP contribution in [0.2, 0.25) is 0 Å². The number of carbonyl (C=O) groups is 4. The molecule has 4 N–H and O–H groups in total. The zero-order valence-electron chi connectivity index (χ0n) is 19.0. The van der Waals surface area contributed by atoms with Gasteiger partial charge in [0.1, 0.15) is 18.1 Å². The number of aromatic nitrogens is 1. The van der Waals surface area contributed by atoms with Crippen molar-refractivity contribution in [3.63, 3.8) is 0 Å². The summed E-state index contributed by atoms with van der Waals surface area (Å²) in [6, 6.07) is 9.95. The van der Waals surface area contributed by atoms with Crippen LogP contribution in [0.5, 0.6) is 0 Å². The zero-order chi connectivity index (χ0) is 26.8. The molecule has 2 aromatic rings. The van der Waals surface area contributed by atoms with Crippen LogP contribution in [0, 0.1) is 5.82 Å². The first-order valence-electron chi connectivity index (χ1n) is 10.0. The third kappa shape index (κ3) is 13.7. The highest BCUT2D eigenvalue weighted by Crippen LogP contribution is 2.11. The number of aliphatic carboxylic acids is 4. The Morgan fingerprint density at radius 3 is 1.80 bits per heavy atom. The van der Waals surface area contributed by atoms with Crippen LogP contribution in [0.15, 0.2) is 53.9 Å². The average Bonchev–Trinajstić information content (AvgIpc) is 2.83. The SMILES string of the molecule is CCN(CC)CCON=C(c1ccc(F)cc1)c1cccnc1.O=C(O)C(=O)O.O=C(O)C(=O)O. The molecule has 190 valence electrons. The minimum Gasteiger partial charge on any atom is -0.473 e. The zero-order valence-corrected chi connectivity index (χ0v) is 19.0. The van der Waals surface area contributed by atoms with Gasteiger partial charge in [-0.1, -0.05) is 19.0 Å². The lowest BCUT2D eigenvalue weighted by Crippen LogP contribution is -2.26. The monoisotopic (exact) mass is 495 g/mol. The second kappa shape index (κ2) is 17.1. The number of hydrogen-bond acceptors (Lipinski definition) is 8. The van der Waals surface area contributed by atoms with Crippen LogP contribution >= 0.6 is 0 Å². The molecule has 1 aromatic carbocycles. The molecule has 0 saturated carbocycles. The molecule has 0 fully saturated rings. The van der Waals surface area contributed by atoms with Gasteiger partial charge in [-0.3, -0.25) is 4.98 Å². The topological polar surface area (TPSA) is 187 Å². The van der Waals surface area contributed by atoms with E-state index >= 15 is 0 Å². The molecule has 0 bridgehead atoms. The van der Waals surface area contributed by atoms with Gasteiger partial charge in [-0.2, -0.15) is 0 Å². The van der Waals surface area contributed by atoms with E-state index in [0.29, 0.717) is 12.3 Å². The number of rotatable bonds is 8. The summed E-state index contributed by atoms with van der Waals surface area (Å²) >= 11 is 0. The predicted molar refractivity (Wildman–Crippen MR) is 121 cm³/mol. The standard InChI is InChI=1S/C18H22FN3O.2C2H2O4/c1-3-22(4-2)12-13-23-21-18(16-6-5-11-20-14-16)15-7-9-17(19)10-8-15;2*3-1(4)2(5)6/h5-11,14H,3-4,12-13H2,1-2H3;2*(H,3,4)(H,5,6). The summed E-state index contributed by atoms with van der Waals surface area (Å²) in [5.41, 5.74) is 2.28. The maximum absolute atomic E-state index is 13.1. The number of carboxylic acids is 4. The van der Waals surface area contributed by atoms with E-state index in [0.717, 1.165) is 30.8 Å². The van der Waals surface area contributed by atoms with Crippen LogP contribution in [0.3, 0.4) is 0 Å². The van der Waals surface area contributed by atoms with E-state index < -0.39 is 23.9 Å². The van der Waals surface area contributed by atoms with Gasteiger partial charge in [0.25, 0.3) is 0 Å². The number of halogens is 1. The van der Waals surface area contributed by atoms with Gasteiger partial charge in [0, 0.05) is 30.1 Å². The fourth-order valence-electron chi connectivity index (χ4n) is 2.20. The number of benzene rings is 1. The first-order valence-corrected chi connectivity index (χ1v) is 10.0. The van der Waals surface area contributed by atoms with Crippen LogP contribution in [0.25, 0.3) is 0 Å². The summed E-state index contributed by atoms with van der Waals surface area (Å²) in [6.07, 6.45) is 3.42. The molecule has 0 saturated heterocycles. The maximum atomic E-state index is 13.1. The summed E-state index contributed by atoms with van der Waals surface area (Å²) in [4.78, 5) is 48.3. The molecule has 0 atom stereocenters. The quantitative estimate of drug-likeness (QED) is 0.180. The second-order valence-electron chi connectivity index (χ2n) is 6.27. The minimum absolute atomic E-state index is 0.276. The van der Waals surface area contributed by atoms with Crippen molar-refractivity contribution in [1.29, 1.82) is 0 Å². The molecule has 1 aromatic heterocycles. The van der Waals surface area contributed by atoms with E-state index in [4.69, 9.17) is 44.4 Å². The molecule has 2 rings (SSSR count). The lowest BCUT2D eigenvalue weighted by Gasteiger charge is -2.16. The van der Waals surface area contributed by atoms with E-state index in [-0.39, 0.29) is 5.82 Å². The van der Waals surface area contributed by atoms with Gasteiger partial charge < -0.3 is 30.2 Å².